The standard InChI is InChI=1S/C25H29N3O2/c1-18-7-8-19(2)23(15-18)24(21-5-3-11-26-16-21)27-25(29)20-9-12-28(13-10-20)17-22-6-4-14-30-22/h3-8,11,14-16,20,24H,9-10,12-13,17H2,1-2H3,(H,27,29)/t24-/m1/s1. The zero-order chi connectivity index (χ0) is 20.9. The summed E-state index contributed by atoms with van der Waals surface area (Å²) in [6.07, 6.45) is 7.04. The van der Waals surface area contributed by atoms with Gasteiger partial charge in [0.1, 0.15) is 5.76 Å². The number of benzene rings is 1. The zero-order valence-corrected chi connectivity index (χ0v) is 17.7. The first-order valence-corrected chi connectivity index (χ1v) is 10.6. The fourth-order valence-corrected chi connectivity index (χ4v) is 4.19. The molecule has 156 valence electrons. The molecule has 1 aliphatic rings. The number of nitrogens with one attached hydrogen (secondary N) is 1. The van der Waals surface area contributed by atoms with E-state index in [9.17, 15) is 4.79 Å². The van der Waals surface area contributed by atoms with Crippen molar-refractivity contribution in [3.8, 4) is 0 Å². The maximum atomic E-state index is 13.2. The van der Waals surface area contributed by atoms with Crippen LogP contribution in [0.5, 0.6) is 0 Å². The number of carbonyl (C=O) groups excluding carboxylic acids is 1. The van der Waals surface area contributed by atoms with Gasteiger partial charge in [0.05, 0.1) is 18.8 Å². The van der Waals surface area contributed by atoms with E-state index in [4.69, 9.17) is 4.42 Å². The highest BCUT2D eigenvalue weighted by Crippen LogP contribution is 2.27. The molecular formula is C25H29N3O2. The normalized spacial score (nSPS) is 16.3. The third-order valence-electron chi connectivity index (χ3n) is 5.97. The van der Waals surface area contributed by atoms with Gasteiger partial charge in [-0.3, -0.25) is 14.7 Å². The van der Waals surface area contributed by atoms with E-state index in [1.165, 1.54) is 11.1 Å². The predicted molar refractivity (Wildman–Crippen MR) is 117 cm³/mol. The number of rotatable bonds is 6. The number of piperidine rings is 1. The molecule has 1 amide bonds. The molecule has 0 spiro atoms. The molecule has 1 atom stereocenters. The molecule has 1 fully saturated rings. The molecule has 3 aromatic rings. The summed E-state index contributed by atoms with van der Waals surface area (Å²) < 4.78 is 5.46. The first-order chi connectivity index (χ1) is 14.6. The van der Waals surface area contributed by atoms with Crippen LogP contribution in [0.1, 0.15) is 46.9 Å². The van der Waals surface area contributed by atoms with Crippen LogP contribution < -0.4 is 5.32 Å². The number of furan rings is 1. The zero-order valence-electron chi connectivity index (χ0n) is 17.7. The Kier molecular flexibility index (Phi) is 6.29. The van der Waals surface area contributed by atoms with Crippen LogP contribution in [0.3, 0.4) is 0 Å². The average Bonchev–Trinajstić information content (AvgIpc) is 3.28. The van der Waals surface area contributed by atoms with E-state index in [2.05, 4.69) is 47.2 Å². The van der Waals surface area contributed by atoms with Crippen molar-refractivity contribution in [2.45, 2.75) is 39.3 Å². The van der Waals surface area contributed by atoms with E-state index in [-0.39, 0.29) is 17.9 Å². The van der Waals surface area contributed by atoms with Crippen molar-refractivity contribution in [2.24, 2.45) is 5.92 Å². The lowest BCUT2D eigenvalue weighted by Gasteiger charge is -2.32. The second-order valence-corrected chi connectivity index (χ2v) is 8.22. The number of aryl methyl sites for hydroxylation is 2. The third-order valence-corrected chi connectivity index (χ3v) is 5.97. The molecule has 5 nitrogen and oxygen atoms in total. The van der Waals surface area contributed by atoms with Crippen molar-refractivity contribution in [1.29, 1.82) is 0 Å². The minimum atomic E-state index is -0.188. The molecule has 4 rings (SSSR count). The van der Waals surface area contributed by atoms with Gasteiger partial charge in [0.25, 0.3) is 0 Å². The summed E-state index contributed by atoms with van der Waals surface area (Å²) in [5.74, 6) is 1.13. The molecule has 1 saturated heterocycles. The van der Waals surface area contributed by atoms with E-state index in [0.717, 1.165) is 49.4 Å². The minimum Gasteiger partial charge on any atom is -0.468 e. The number of amides is 1. The Balaban J connectivity index is 1.45. The van der Waals surface area contributed by atoms with Gasteiger partial charge in [-0.25, -0.2) is 0 Å². The fourth-order valence-electron chi connectivity index (χ4n) is 4.19. The molecule has 0 bridgehead atoms. The first kappa shape index (κ1) is 20.4. The minimum absolute atomic E-state index is 0.0298. The molecule has 30 heavy (non-hydrogen) atoms. The molecule has 2 aromatic heterocycles. The average molecular weight is 404 g/mol. The highest BCUT2D eigenvalue weighted by atomic mass is 16.3. The Labute approximate surface area is 178 Å². The second-order valence-electron chi connectivity index (χ2n) is 8.22. The van der Waals surface area contributed by atoms with Crippen LogP contribution in [-0.2, 0) is 11.3 Å². The monoisotopic (exact) mass is 403 g/mol. The molecule has 5 heteroatoms. The van der Waals surface area contributed by atoms with E-state index in [0.29, 0.717) is 0 Å². The maximum Gasteiger partial charge on any atom is 0.223 e. The van der Waals surface area contributed by atoms with Crippen LogP contribution in [-0.4, -0.2) is 28.9 Å². The van der Waals surface area contributed by atoms with Crippen LogP contribution >= 0.6 is 0 Å². The van der Waals surface area contributed by atoms with Crippen molar-refractivity contribution >= 4 is 5.91 Å². The Hall–Kier alpha value is -2.92. The van der Waals surface area contributed by atoms with Crippen LogP contribution in [0.4, 0.5) is 0 Å². The largest absolute Gasteiger partial charge is 0.468 e. The lowest BCUT2D eigenvalue weighted by molar-refractivity contribution is -0.127. The lowest BCUT2D eigenvalue weighted by Crippen LogP contribution is -2.41. The van der Waals surface area contributed by atoms with E-state index < -0.39 is 0 Å². The van der Waals surface area contributed by atoms with Crippen molar-refractivity contribution < 1.29 is 9.21 Å². The number of nitrogens with zero attached hydrogens (tertiary/aromatic N) is 2. The Morgan fingerprint density at radius 2 is 2.03 bits per heavy atom. The highest BCUT2D eigenvalue weighted by molar-refractivity contribution is 5.79. The SMILES string of the molecule is Cc1ccc(C)c([C@H](NC(=O)C2CCN(Cc3ccco3)CC2)c2cccnc2)c1. The predicted octanol–water partition coefficient (Wildman–Crippen LogP) is 4.41. The molecule has 0 aliphatic carbocycles. The van der Waals surface area contributed by atoms with Gasteiger partial charge < -0.3 is 9.73 Å². The number of carbonyl (C=O) groups is 1. The fraction of sp³-hybridized carbons (Fsp3) is 0.360. The Bertz CT molecular complexity index is 961. The molecule has 1 aliphatic heterocycles. The maximum absolute atomic E-state index is 13.2. The summed E-state index contributed by atoms with van der Waals surface area (Å²) in [6.45, 7) is 6.79. The Morgan fingerprint density at radius 1 is 1.20 bits per heavy atom. The van der Waals surface area contributed by atoms with Gasteiger partial charge in [0.15, 0.2) is 0 Å². The number of aromatic nitrogens is 1. The van der Waals surface area contributed by atoms with Crippen LogP contribution in [0.15, 0.2) is 65.5 Å². The summed E-state index contributed by atoms with van der Waals surface area (Å²) in [5.41, 5.74) is 4.49. The molecule has 1 N–H and O–H groups in total. The molecule has 0 radical (unpaired) electrons. The van der Waals surface area contributed by atoms with Gasteiger partial charge in [-0.15, -0.1) is 0 Å². The summed E-state index contributed by atoms with van der Waals surface area (Å²) >= 11 is 0. The number of pyridine rings is 1. The molecule has 0 unspecified atom stereocenters. The summed E-state index contributed by atoms with van der Waals surface area (Å²) in [4.78, 5) is 19.8. The van der Waals surface area contributed by atoms with Crippen molar-refractivity contribution in [3.05, 3.63) is 89.1 Å². The van der Waals surface area contributed by atoms with Gasteiger partial charge in [-0.05, 0) is 74.7 Å². The van der Waals surface area contributed by atoms with E-state index in [1.807, 2.05) is 30.5 Å². The smallest absolute Gasteiger partial charge is 0.223 e. The molecule has 1 aromatic carbocycles. The van der Waals surface area contributed by atoms with Gasteiger partial charge in [0.2, 0.25) is 5.91 Å². The topological polar surface area (TPSA) is 58.4 Å². The summed E-state index contributed by atoms with van der Waals surface area (Å²) in [6, 6.07) is 14.1. The third kappa shape index (κ3) is 4.79. The molecule has 0 saturated carbocycles. The van der Waals surface area contributed by atoms with Crippen LogP contribution in [0, 0.1) is 19.8 Å². The number of likely N-dealkylation sites (tertiary alicyclic amines) is 1. The Morgan fingerprint density at radius 3 is 2.73 bits per heavy atom. The first-order valence-electron chi connectivity index (χ1n) is 10.6. The van der Waals surface area contributed by atoms with Gasteiger partial charge in [-0.1, -0.05) is 29.8 Å². The van der Waals surface area contributed by atoms with E-state index in [1.54, 1.807) is 12.5 Å². The quantitative estimate of drug-likeness (QED) is 0.662. The van der Waals surface area contributed by atoms with Crippen LogP contribution in [0.2, 0.25) is 0 Å². The van der Waals surface area contributed by atoms with Crippen molar-refractivity contribution in [3.63, 3.8) is 0 Å². The van der Waals surface area contributed by atoms with E-state index >= 15 is 0 Å². The van der Waals surface area contributed by atoms with Crippen molar-refractivity contribution in [2.75, 3.05) is 13.1 Å². The van der Waals surface area contributed by atoms with Gasteiger partial charge in [0, 0.05) is 18.3 Å². The molecular weight excluding hydrogens is 374 g/mol. The summed E-state index contributed by atoms with van der Waals surface area (Å²) in [5, 5.41) is 3.33. The van der Waals surface area contributed by atoms with Crippen molar-refractivity contribution in [1.82, 2.24) is 15.2 Å². The van der Waals surface area contributed by atoms with Gasteiger partial charge in [-0.2, -0.15) is 0 Å². The molecule has 3 heterocycles. The number of hydrogen-bond acceptors (Lipinski definition) is 4. The number of hydrogen-bond donors (Lipinski definition) is 1. The van der Waals surface area contributed by atoms with Gasteiger partial charge >= 0.3 is 0 Å². The highest BCUT2D eigenvalue weighted by Gasteiger charge is 2.28. The lowest BCUT2D eigenvalue weighted by atomic mass is 9.91. The van der Waals surface area contributed by atoms with Crippen LogP contribution in [0.25, 0.3) is 0 Å². The second kappa shape index (κ2) is 9.26. The summed E-state index contributed by atoms with van der Waals surface area (Å²) in [7, 11) is 0.